The predicted octanol–water partition coefficient (Wildman–Crippen LogP) is 2.82. The van der Waals surface area contributed by atoms with Crippen LogP contribution in [-0.4, -0.2) is 69.6 Å². The fourth-order valence-electron chi connectivity index (χ4n) is 5.55. The molecule has 3 aromatic rings. The number of methoxy groups -OCH3 is 2. The van der Waals surface area contributed by atoms with E-state index >= 15 is 0 Å². The third-order valence-electron chi connectivity index (χ3n) is 7.74. The number of fused-ring (bicyclic) bond motifs is 10. The van der Waals surface area contributed by atoms with Gasteiger partial charge in [-0.05, 0) is 59.5 Å². The highest BCUT2D eigenvalue weighted by atomic mass is 16.7. The molecule has 0 aliphatic carbocycles. The maximum Gasteiger partial charge on any atom is 0.258 e. The van der Waals surface area contributed by atoms with Crippen molar-refractivity contribution in [3.8, 4) is 34.5 Å². The van der Waals surface area contributed by atoms with Crippen molar-refractivity contribution >= 4 is 11.8 Å². The molecule has 0 radical (unpaired) electrons. The van der Waals surface area contributed by atoms with E-state index in [0.29, 0.717) is 67.1 Å². The average Bonchev–Trinajstić information content (AvgIpc) is 3.64. The zero-order chi connectivity index (χ0) is 29.8. The first-order chi connectivity index (χ1) is 21.0. The van der Waals surface area contributed by atoms with Crippen LogP contribution in [0.4, 0.5) is 0 Å². The normalized spacial score (nSPS) is 20.4. The van der Waals surface area contributed by atoms with Crippen LogP contribution in [0.15, 0.2) is 54.6 Å². The number of nitrogens with one attached hydrogen (secondary N) is 2. The molecule has 1 fully saturated rings. The Morgan fingerprint density at radius 2 is 1.65 bits per heavy atom. The van der Waals surface area contributed by atoms with E-state index in [1.54, 1.807) is 20.3 Å². The minimum absolute atomic E-state index is 0.0730. The number of hydrogen-bond donors (Lipinski definition) is 2. The molecule has 4 aliphatic heterocycles. The lowest BCUT2D eigenvalue weighted by molar-refractivity contribution is -0.123. The standard InChI is InChI=1S/C32H35N3O8/c1-38-25-9-5-20-6-10-30(36)34-24-16-35(15-22-12-27(39-2)32-28(13-22)41-19-42-32)17-29(24)43-23-7-3-21(4-8-23)14-33-31(37)18-40-26(25)11-20/h3-5,7-9,11-13,24,29H,6,10,14-19H2,1-2H3,(H,33,37)(H,34,36)/t24-,29-/m0/s1. The van der Waals surface area contributed by atoms with Crippen LogP contribution in [0.5, 0.6) is 34.5 Å². The Balaban J connectivity index is 1.21. The molecule has 0 saturated carbocycles. The zero-order valence-electron chi connectivity index (χ0n) is 24.2. The van der Waals surface area contributed by atoms with E-state index in [0.717, 1.165) is 16.7 Å². The summed E-state index contributed by atoms with van der Waals surface area (Å²) < 4.78 is 34.3. The summed E-state index contributed by atoms with van der Waals surface area (Å²) in [5.41, 5.74) is 2.84. The number of ether oxygens (including phenoxy) is 6. The predicted molar refractivity (Wildman–Crippen MR) is 156 cm³/mol. The maximum atomic E-state index is 13.2. The minimum atomic E-state index is -0.270. The van der Waals surface area contributed by atoms with Crippen LogP contribution < -0.4 is 39.1 Å². The molecule has 2 amide bonds. The molecule has 4 aliphatic rings. The topological polar surface area (TPSA) is 117 Å². The van der Waals surface area contributed by atoms with E-state index in [1.807, 2.05) is 48.5 Å². The van der Waals surface area contributed by atoms with Crippen LogP contribution in [0.25, 0.3) is 0 Å². The van der Waals surface area contributed by atoms with Gasteiger partial charge in [0.05, 0.1) is 20.3 Å². The third kappa shape index (κ3) is 6.72. The summed E-state index contributed by atoms with van der Waals surface area (Å²) in [5.74, 6) is 3.25. The minimum Gasteiger partial charge on any atom is -0.493 e. The van der Waals surface area contributed by atoms with Crippen LogP contribution in [0.2, 0.25) is 0 Å². The summed E-state index contributed by atoms with van der Waals surface area (Å²) in [6.45, 7) is 2.21. The second-order valence-corrected chi connectivity index (χ2v) is 10.8. The van der Waals surface area contributed by atoms with E-state index in [9.17, 15) is 9.59 Å². The number of likely N-dealkylation sites (tertiary alicyclic amines) is 1. The van der Waals surface area contributed by atoms with Gasteiger partial charge in [-0.15, -0.1) is 0 Å². The number of amides is 2. The molecule has 2 atom stereocenters. The van der Waals surface area contributed by atoms with Gasteiger partial charge < -0.3 is 39.1 Å². The Bertz CT molecular complexity index is 1480. The summed E-state index contributed by atoms with van der Waals surface area (Å²) in [6, 6.07) is 16.8. The molecule has 11 nitrogen and oxygen atoms in total. The lowest BCUT2D eigenvalue weighted by atomic mass is 10.1. The van der Waals surface area contributed by atoms with Gasteiger partial charge in [0.25, 0.3) is 5.91 Å². The second kappa shape index (κ2) is 12.7. The smallest absolute Gasteiger partial charge is 0.258 e. The molecular weight excluding hydrogens is 554 g/mol. The van der Waals surface area contributed by atoms with Crippen molar-refractivity contribution in [2.45, 2.75) is 38.1 Å². The Hall–Kier alpha value is -4.64. The summed E-state index contributed by atoms with van der Waals surface area (Å²) in [7, 11) is 3.16. The van der Waals surface area contributed by atoms with E-state index in [1.165, 1.54) is 0 Å². The molecule has 0 spiro atoms. The summed E-state index contributed by atoms with van der Waals surface area (Å²) in [6.07, 6.45) is 0.510. The quantitative estimate of drug-likeness (QED) is 0.474. The number of carbonyl (C=O) groups is 2. The molecule has 226 valence electrons. The van der Waals surface area contributed by atoms with Crippen molar-refractivity contribution in [3.05, 3.63) is 71.3 Å². The zero-order valence-corrected chi connectivity index (χ0v) is 24.2. The van der Waals surface area contributed by atoms with Gasteiger partial charge in [-0.2, -0.15) is 0 Å². The van der Waals surface area contributed by atoms with Gasteiger partial charge in [-0.25, -0.2) is 0 Å². The van der Waals surface area contributed by atoms with Gasteiger partial charge in [-0.1, -0.05) is 18.2 Å². The maximum absolute atomic E-state index is 13.2. The van der Waals surface area contributed by atoms with Crippen molar-refractivity contribution in [2.24, 2.45) is 0 Å². The number of nitrogens with zero attached hydrogens (tertiary/aromatic N) is 1. The highest BCUT2D eigenvalue weighted by Gasteiger charge is 2.36. The molecular formula is C32H35N3O8. The molecule has 0 aromatic heterocycles. The SMILES string of the molecule is COc1ccc2cc1OCC(=O)NCc1ccc(cc1)O[C@H]1CN(Cc3cc(OC)c4c(c3)OCO4)C[C@@H]1NC(=O)CC2. The van der Waals surface area contributed by atoms with Crippen LogP contribution in [0.3, 0.4) is 0 Å². The first kappa shape index (κ1) is 28.5. The van der Waals surface area contributed by atoms with Crippen molar-refractivity contribution in [1.29, 1.82) is 0 Å². The number of hydrogen-bond acceptors (Lipinski definition) is 9. The Morgan fingerprint density at radius 3 is 2.47 bits per heavy atom. The van der Waals surface area contributed by atoms with Crippen molar-refractivity contribution in [3.63, 3.8) is 0 Å². The summed E-state index contributed by atoms with van der Waals surface area (Å²) >= 11 is 0. The fourth-order valence-corrected chi connectivity index (χ4v) is 5.55. The van der Waals surface area contributed by atoms with Crippen LogP contribution in [-0.2, 0) is 29.1 Å². The number of aryl methyl sites for hydroxylation is 1. The third-order valence-corrected chi connectivity index (χ3v) is 7.74. The molecule has 4 bridgehead atoms. The lowest BCUT2D eigenvalue weighted by Crippen LogP contribution is -2.45. The lowest BCUT2D eigenvalue weighted by Gasteiger charge is -2.21. The summed E-state index contributed by atoms with van der Waals surface area (Å²) in [4.78, 5) is 27.9. The van der Waals surface area contributed by atoms with Gasteiger partial charge >= 0.3 is 0 Å². The van der Waals surface area contributed by atoms with E-state index in [4.69, 9.17) is 28.4 Å². The van der Waals surface area contributed by atoms with Crippen LogP contribution in [0.1, 0.15) is 23.1 Å². The van der Waals surface area contributed by atoms with Crippen LogP contribution in [0, 0.1) is 0 Å². The van der Waals surface area contributed by atoms with Gasteiger partial charge in [-0.3, -0.25) is 14.5 Å². The number of carbonyl (C=O) groups excluding carboxylic acids is 2. The largest absolute Gasteiger partial charge is 0.493 e. The molecule has 0 unspecified atom stereocenters. The first-order valence-corrected chi connectivity index (χ1v) is 14.3. The fraction of sp³-hybridized carbons (Fsp3) is 0.375. The van der Waals surface area contributed by atoms with Gasteiger partial charge in [0, 0.05) is 32.6 Å². The molecule has 3 aromatic carbocycles. The van der Waals surface area contributed by atoms with Crippen LogP contribution >= 0.6 is 0 Å². The first-order valence-electron chi connectivity index (χ1n) is 14.3. The second-order valence-electron chi connectivity index (χ2n) is 10.8. The van der Waals surface area contributed by atoms with E-state index in [-0.39, 0.29) is 43.8 Å². The average molecular weight is 590 g/mol. The Kier molecular flexibility index (Phi) is 8.41. The number of rotatable bonds is 4. The number of benzene rings is 3. The molecule has 11 heteroatoms. The summed E-state index contributed by atoms with van der Waals surface area (Å²) in [5, 5.41) is 6.10. The van der Waals surface area contributed by atoms with Gasteiger partial charge in [0.1, 0.15) is 11.9 Å². The van der Waals surface area contributed by atoms with Crippen molar-refractivity contribution in [1.82, 2.24) is 15.5 Å². The van der Waals surface area contributed by atoms with E-state index < -0.39 is 0 Å². The Morgan fingerprint density at radius 1 is 0.837 bits per heavy atom. The van der Waals surface area contributed by atoms with Gasteiger partial charge in [0.2, 0.25) is 18.4 Å². The molecule has 43 heavy (non-hydrogen) atoms. The van der Waals surface area contributed by atoms with E-state index in [2.05, 4.69) is 15.5 Å². The highest BCUT2D eigenvalue weighted by molar-refractivity contribution is 5.78. The molecule has 1 saturated heterocycles. The molecule has 7 rings (SSSR count). The molecule has 4 heterocycles. The monoisotopic (exact) mass is 589 g/mol. The van der Waals surface area contributed by atoms with Gasteiger partial charge in [0.15, 0.2) is 29.6 Å². The van der Waals surface area contributed by atoms with Crippen molar-refractivity contribution in [2.75, 3.05) is 40.7 Å². The van der Waals surface area contributed by atoms with Crippen molar-refractivity contribution < 1.29 is 38.0 Å². The molecule has 2 N–H and O–H groups in total. The highest BCUT2D eigenvalue weighted by Crippen LogP contribution is 2.42. The Labute approximate surface area is 250 Å².